The van der Waals surface area contributed by atoms with E-state index in [-0.39, 0.29) is 17.5 Å². The summed E-state index contributed by atoms with van der Waals surface area (Å²) in [6.07, 6.45) is 7.10. The lowest BCUT2D eigenvalue weighted by Crippen LogP contribution is -2.27. The van der Waals surface area contributed by atoms with Gasteiger partial charge in [0.05, 0.1) is 12.8 Å². The molecule has 0 N–H and O–H groups in total. The number of hydrogen-bond acceptors (Lipinski definition) is 4. The molecule has 1 aliphatic rings. The first-order valence-corrected chi connectivity index (χ1v) is 5.47. The van der Waals surface area contributed by atoms with E-state index in [9.17, 15) is 9.59 Å². The molecule has 5 nitrogen and oxygen atoms in total. The van der Waals surface area contributed by atoms with Gasteiger partial charge in [0.15, 0.2) is 5.69 Å². The number of rotatable bonds is 2. The van der Waals surface area contributed by atoms with E-state index in [0.29, 0.717) is 18.7 Å². The number of esters is 1. The smallest absolute Gasteiger partial charge is 0.358 e. The van der Waals surface area contributed by atoms with Gasteiger partial charge in [0.1, 0.15) is 0 Å². The van der Waals surface area contributed by atoms with Crippen LogP contribution in [0.3, 0.4) is 0 Å². The summed E-state index contributed by atoms with van der Waals surface area (Å²) in [6.45, 7) is 0.408. The quantitative estimate of drug-likeness (QED) is 0.571. The lowest BCUT2D eigenvalue weighted by atomic mass is 10.1. The summed E-state index contributed by atoms with van der Waals surface area (Å²) >= 11 is 0. The van der Waals surface area contributed by atoms with Crippen molar-refractivity contribution in [3.05, 3.63) is 24.0 Å². The first kappa shape index (κ1) is 12.1. The van der Waals surface area contributed by atoms with Gasteiger partial charge in [-0.3, -0.25) is 4.79 Å². The van der Waals surface area contributed by atoms with Crippen LogP contribution in [-0.4, -0.2) is 30.5 Å². The van der Waals surface area contributed by atoms with Crippen LogP contribution in [-0.2, 0) is 9.53 Å². The number of terminal acetylenes is 1. The van der Waals surface area contributed by atoms with Crippen LogP contribution in [0.5, 0.6) is 0 Å². The number of pyridine rings is 1. The largest absolute Gasteiger partial charge is 0.464 e. The van der Waals surface area contributed by atoms with E-state index in [1.165, 1.54) is 18.2 Å². The zero-order valence-electron chi connectivity index (χ0n) is 9.92. The monoisotopic (exact) mass is 244 g/mol. The maximum Gasteiger partial charge on any atom is 0.358 e. The normalized spacial score (nSPS) is 18.6. The number of ether oxygens (including phenoxy) is 1. The van der Waals surface area contributed by atoms with Gasteiger partial charge in [0, 0.05) is 25.1 Å². The molecule has 1 amide bonds. The molecule has 0 spiro atoms. The number of carbonyl (C=O) groups is 2. The molecule has 1 aromatic rings. The summed E-state index contributed by atoms with van der Waals surface area (Å²) in [7, 11) is 1.27. The summed E-state index contributed by atoms with van der Waals surface area (Å²) < 4.78 is 4.65. The molecule has 1 saturated heterocycles. The van der Waals surface area contributed by atoms with E-state index in [2.05, 4.69) is 15.6 Å². The molecule has 1 fully saturated rings. The minimum atomic E-state index is -0.567. The molecule has 0 radical (unpaired) electrons. The Balaban J connectivity index is 2.37. The van der Waals surface area contributed by atoms with Crippen molar-refractivity contribution in [1.82, 2.24) is 4.98 Å². The van der Waals surface area contributed by atoms with Crippen LogP contribution in [0.15, 0.2) is 18.3 Å². The van der Waals surface area contributed by atoms with Gasteiger partial charge in [-0.15, -0.1) is 12.3 Å². The molecule has 5 heteroatoms. The Hall–Kier alpha value is -2.35. The minimum absolute atomic E-state index is 0.101. The summed E-state index contributed by atoms with van der Waals surface area (Å²) in [5.41, 5.74) is 0.582. The van der Waals surface area contributed by atoms with Crippen molar-refractivity contribution in [1.29, 1.82) is 0 Å². The predicted octanol–water partition coefficient (Wildman–Crippen LogP) is 0.854. The number of nitrogens with zero attached hydrogens (tertiary/aromatic N) is 2. The second-order valence-electron chi connectivity index (χ2n) is 3.93. The van der Waals surface area contributed by atoms with Crippen molar-refractivity contribution in [2.24, 2.45) is 5.92 Å². The number of amides is 1. The Kier molecular flexibility index (Phi) is 3.28. The highest BCUT2D eigenvalue weighted by Gasteiger charge is 2.32. The molecule has 1 aliphatic heterocycles. The molecular formula is C13H12N2O3. The molecule has 92 valence electrons. The number of carbonyl (C=O) groups excluding carboxylic acids is 2. The maximum absolute atomic E-state index is 11.9. The molecule has 0 aromatic carbocycles. The standard InChI is InChI=1S/C13H12N2O3/c1-3-9-7-11(16)15(8-9)10-5-4-6-14-12(10)13(17)18-2/h1,4-6,9H,7-8H2,2H3. The number of aromatic nitrogens is 1. The highest BCUT2D eigenvalue weighted by Crippen LogP contribution is 2.27. The minimum Gasteiger partial charge on any atom is -0.464 e. The molecule has 18 heavy (non-hydrogen) atoms. The molecule has 0 aliphatic carbocycles. The van der Waals surface area contributed by atoms with Gasteiger partial charge in [-0.2, -0.15) is 0 Å². The van der Waals surface area contributed by atoms with Gasteiger partial charge in [-0.05, 0) is 12.1 Å². The average Bonchev–Trinajstić information content (AvgIpc) is 2.79. The zero-order chi connectivity index (χ0) is 13.1. The number of hydrogen-bond donors (Lipinski definition) is 0. The highest BCUT2D eigenvalue weighted by molar-refractivity contribution is 6.02. The van der Waals surface area contributed by atoms with E-state index in [4.69, 9.17) is 6.42 Å². The van der Waals surface area contributed by atoms with Crippen LogP contribution in [0.4, 0.5) is 5.69 Å². The second-order valence-corrected chi connectivity index (χ2v) is 3.93. The van der Waals surface area contributed by atoms with E-state index in [1.807, 2.05) is 0 Å². The Morgan fingerprint density at radius 1 is 1.67 bits per heavy atom. The van der Waals surface area contributed by atoms with Crippen molar-refractivity contribution in [3.63, 3.8) is 0 Å². The molecule has 2 heterocycles. The van der Waals surface area contributed by atoms with Gasteiger partial charge in [0.2, 0.25) is 5.91 Å². The fourth-order valence-electron chi connectivity index (χ4n) is 1.92. The molecular weight excluding hydrogens is 232 g/mol. The van der Waals surface area contributed by atoms with E-state index in [0.717, 1.165) is 0 Å². The van der Waals surface area contributed by atoms with Gasteiger partial charge < -0.3 is 9.64 Å². The summed E-state index contributed by atoms with van der Waals surface area (Å²) in [6, 6.07) is 3.33. The molecule has 0 saturated carbocycles. The van der Waals surface area contributed by atoms with Crippen LogP contribution in [0, 0.1) is 18.3 Å². The van der Waals surface area contributed by atoms with Crippen LogP contribution < -0.4 is 4.90 Å². The molecule has 1 unspecified atom stereocenters. The van der Waals surface area contributed by atoms with Gasteiger partial charge in [0.25, 0.3) is 0 Å². The molecule has 0 bridgehead atoms. The highest BCUT2D eigenvalue weighted by atomic mass is 16.5. The molecule has 2 rings (SSSR count). The third-order valence-corrected chi connectivity index (χ3v) is 2.82. The number of methoxy groups -OCH3 is 1. The third kappa shape index (κ3) is 2.05. The first-order chi connectivity index (χ1) is 8.67. The van der Waals surface area contributed by atoms with Crippen LogP contribution >= 0.6 is 0 Å². The van der Waals surface area contributed by atoms with Gasteiger partial charge >= 0.3 is 5.97 Å². The SMILES string of the molecule is C#CC1CC(=O)N(c2cccnc2C(=O)OC)C1. The molecule has 1 aromatic heterocycles. The Morgan fingerprint density at radius 3 is 3.06 bits per heavy atom. The van der Waals surface area contributed by atoms with Crippen molar-refractivity contribution in [2.45, 2.75) is 6.42 Å². The third-order valence-electron chi connectivity index (χ3n) is 2.82. The van der Waals surface area contributed by atoms with Crippen LogP contribution in [0.25, 0.3) is 0 Å². The molecule has 1 atom stereocenters. The Bertz CT molecular complexity index is 533. The predicted molar refractivity (Wildman–Crippen MR) is 64.9 cm³/mol. The van der Waals surface area contributed by atoms with Crippen molar-refractivity contribution in [2.75, 3.05) is 18.6 Å². The van der Waals surface area contributed by atoms with E-state index in [1.54, 1.807) is 12.1 Å². The summed E-state index contributed by atoms with van der Waals surface area (Å²) in [4.78, 5) is 28.9. The Morgan fingerprint density at radius 2 is 2.44 bits per heavy atom. The second kappa shape index (κ2) is 4.88. The summed E-state index contributed by atoms with van der Waals surface area (Å²) in [5, 5.41) is 0. The van der Waals surface area contributed by atoms with Crippen molar-refractivity contribution in [3.8, 4) is 12.3 Å². The van der Waals surface area contributed by atoms with Crippen molar-refractivity contribution < 1.29 is 14.3 Å². The first-order valence-electron chi connectivity index (χ1n) is 5.47. The Labute approximate surface area is 105 Å². The lowest BCUT2D eigenvalue weighted by Gasteiger charge is -2.17. The van der Waals surface area contributed by atoms with Crippen LogP contribution in [0.2, 0.25) is 0 Å². The topological polar surface area (TPSA) is 59.5 Å². The van der Waals surface area contributed by atoms with Gasteiger partial charge in [-0.1, -0.05) is 0 Å². The van der Waals surface area contributed by atoms with E-state index < -0.39 is 5.97 Å². The fourth-order valence-corrected chi connectivity index (χ4v) is 1.92. The van der Waals surface area contributed by atoms with Crippen molar-refractivity contribution >= 4 is 17.6 Å². The fraction of sp³-hybridized carbons (Fsp3) is 0.308. The van der Waals surface area contributed by atoms with Crippen LogP contribution in [0.1, 0.15) is 16.9 Å². The lowest BCUT2D eigenvalue weighted by molar-refractivity contribution is -0.117. The van der Waals surface area contributed by atoms with Gasteiger partial charge in [-0.25, -0.2) is 9.78 Å². The van der Waals surface area contributed by atoms with E-state index >= 15 is 0 Å². The maximum atomic E-state index is 11.9. The average molecular weight is 244 g/mol. The summed E-state index contributed by atoms with van der Waals surface area (Å²) in [5.74, 6) is 1.77. The zero-order valence-corrected chi connectivity index (χ0v) is 9.92. The number of anilines is 1.